The van der Waals surface area contributed by atoms with Crippen LogP contribution in [-0.4, -0.2) is 72.0 Å². The number of pyridine rings is 1. The van der Waals surface area contributed by atoms with Crippen LogP contribution in [0.1, 0.15) is 33.6 Å². The van der Waals surface area contributed by atoms with E-state index in [1.54, 1.807) is 11.1 Å². The number of anilines is 2. The molecule has 0 bridgehead atoms. The maximum absolute atomic E-state index is 12.3. The highest BCUT2D eigenvalue weighted by Crippen LogP contribution is 2.25. The van der Waals surface area contributed by atoms with Crippen LogP contribution in [0.3, 0.4) is 0 Å². The van der Waals surface area contributed by atoms with Crippen LogP contribution >= 0.6 is 0 Å². The van der Waals surface area contributed by atoms with Gasteiger partial charge in [0, 0.05) is 51.0 Å². The summed E-state index contributed by atoms with van der Waals surface area (Å²) in [6.45, 7) is 11.1. The lowest BCUT2D eigenvalue weighted by atomic mass is 9.99. The van der Waals surface area contributed by atoms with Crippen molar-refractivity contribution in [2.75, 3.05) is 55.7 Å². The van der Waals surface area contributed by atoms with E-state index < -0.39 is 0 Å². The SMILES string of the molecule is CC(C)(C)COC(=O)N1CCN(c2cc(-c3noc(N4CCCC4)n3)ccn2)CC1. The van der Waals surface area contributed by atoms with Crippen molar-refractivity contribution < 1.29 is 14.1 Å². The second-order valence-electron chi connectivity index (χ2n) is 9.09. The summed E-state index contributed by atoms with van der Waals surface area (Å²) in [6.07, 6.45) is 3.84. The van der Waals surface area contributed by atoms with Crippen molar-refractivity contribution in [1.82, 2.24) is 20.0 Å². The molecule has 2 aromatic rings. The third-order valence-corrected chi connectivity index (χ3v) is 5.29. The topological polar surface area (TPSA) is 87.8 Å². The van der Waals surface area contributed by atoms with Gasteiger partial charge >= 0.3 is 12.1 Å². The number of aromatic nitrogens is 3. The Kier molecular flexibility index (Phi) is 5.78. The van der Waals surface area contributed by atoms with Crippen molar-refractivity contribution in [3.63, 3.8) is 0 Å². The van der Waals surface area contributed by atoms with Gasteiger partial charge in [0.05, 0.1) is 6.61 Å². The minimum Gasteiger partial charge on any atom is -0.449 e. The number of carbonyl (C=O) groups is 1. The molecule has 0 radical (unpaired) electrons. The van der Waals surface area contributed by atoms with Gasteiger partial charge in [-0.2, -0.15) is 4.98 Å². The average molecular weight is 415 g/mol. The summed E-state index contributed by atoms with van der Waals surface area (Å²) in [4.78, 5) is 27.4. The van der Waals surface area contributed by atoms with E-state index >= 15 is 0 Å². The lowest BCUT2D eigenvalue weighted by molar-refractivity contribution is 0.0707. The Morgan fingerprint density at radius 3 is 2.53 bits per heavy atom. The molecule has 4 rings (SSSR count). The van der Waals surface area contributed by atoms with Gasteiger partial charge in [-0.25, -0.2) is 9.78 Å². The van der Waals surface area contributed by atoms with Gasteiger partial charge < -0.3 is 24.0 Å². The van der Waals surface area contributed by atoms with Crippen LogP contribution in [0.4, 0.5) is 16.6 Å². The minimum absolute atomic E-state index is 0.0361. The number of rotatable bonds is 4. The van der Waals surface area contributed by atoms with Crippen molar-refractivity contribution >= 4 is 17.9 Å². The van der Waals surface area contributed by atoms with Gasteiger partial charge in [0.2, 0.25) is 5.82 Å². The Morgan fingerprint density at radius 1 is 1.10 bits per heavy atom. The summed E-state index contributed by atoms with van der Waals surface area (Å²) in [5.74, 6) is 1.42. The fourth-order valence-corrected chi connectivity index (χ4v) is 3.59. The first-order valence-electron chi connectivity index (χ1n) is 10.6. The summed E-state index contributed by atoms with van der Waals surface area (Å²) in [6, 6.07) is 4.46. The van der Waals surface area contributed by atoms with E-state index in [1.807, 2.05) is 12.1 Å². The number of ether oxygens (including phenoxy) is 1. The lowest BCUT2D eigenvalue weighted by Crippen LogP contribution is -2.49. The highest BCUT2D eigenvalue weighted by Gasteiger charge is 2.25. The summed E-state index contributed by atoms with van der Waals surface area (Å²) in [7, 11) is 0. The van der Waals surface area contributed by atoms with Gasteiger partial charge in [0.15, 0.2) is 0 Å². The minimum atomic E-state index is -0.243. The van der Waals surface area contributed by atoms with E-state index in [0.29, 0.717) is 44.6 Å². The molecule has 162 valence electrons. The molecular weight excluding hydrogens is 384 g/mol. The van der Waals surface area contributed by atoms with Crippen molar-refractivity contribution in [1.29, 1.82) is 0 Å². The molecule has 30 heavy (non-hydrogen) atoms. The second-order valence-corrected chi connectivity index (χ2v) is 9.09. The van der Waals surface area contributed by atoms with Crippen LogP contribution in [0.2, 0.25) is 0 Å². The predicted octanol–water partition coefficient (Wildman–Crippen LogP) is 3.04. The molecular formula is C21H30N6O3. The molecule has 9 nitrogen and oxygen atoms in total. The standard InChI is InChI=1S/C21H30N6O3/c1-21(2,3)15-29-20(28)27-12-10-25(11-13-27)17-14-16(6-7-22-17)18-23-19(30-24-18)26-8-4-5-9-26/h6-7,14H,4-5,8-13,15H2,1-3H3. The van der Waals surface area contributed by atoms with E-state index in [1.165, 1.54) is 0 Å². The quantitative estimate of drug-likeness (QED) is 0.754. The van der Waals surface area contributed by atoms with E-state index in [9.17, 15) is 4.79 Å². The zero-order valence-corrected chi connectivity index (χ0v) is 18.0. The number of nitrogens with zero attached hydrogens (tertiary/aromatic N) is 6. The van der Waals surface area contributed by atoms with Crippen molar-refractivity contribution in [3.05, 3.63) is 18.3 Å². The summed E-state index contributed by atoms with van der Waals surface area (Å²) in [5.41, 5.74) is 0.840. The average Bonchev–Trinajstić information content (AvgIpc) is 3.43. The maximum Gasteiger partial charge on any atom is 0.409 e. The van der Waals surface area contributed by atoms with Crippen LogP contribution in [-0.2, 0) is 4.74 Å². The summed E-state index contributed by atoms with van der Waals surface area (Å²) >= 11 is 0. The van der Waals surface area contributed by atoms with E-state index in [4.69, 9.17) is 9.26 Å². The van der Waals surface area contributed by atoms with E-state index in [0.717, 1.165) is 37.3 Å². The first-order valence-corrected chi connectivity index (χ1v) is 10.6. The Balaban J connectivity index is 1.36. The number of amides is 1. The monoisotopic (exact) mass is 414 g/mol. The van der Waals surface area contributed by atoms with Gasteiger partial charge in [-0.15, -0.1) is 0 Å². The zero-order chi connectivity index (χ0) is 21.1. The van der Waals surface area contributed by atoms with Gasteiger partial charge in [0.1, 0.15) is 5.82 Å². The summed E-state index contributed by atoms with van der Waals surface area (Å²) in [5, 5.41) is 4.15. The Labute approximate surface area is 177 Å². The Morgan fingerprint density at radius 2 is 1.83 bits per heavy atom. The Bertz CT molecular complexity index is 864. The summed E-state index contributed by atoms with van der Waals surface area (Å²) < 4.78 is 10.9. The van der Waals surface area contributed by atoms with Crippen LogP contribution in [0.25, 0.3) is 11.4 Å². The van der Waals surface area contributed by atoms with Crippen molar-refractivity contribution in [3.8, 4) is 11.4 Å². The molecule has 0 saturated carbocycles. The molecule has 2 aliphatic heterocycles. The van der Waals surface area contributed by atoms with E-state index in [-0.39, 0.29) is 11.5 Å². The molecule has 0 spiro atoms. The smallest absolute Gasteiger partial charge is 0.409 e. The molecule has 1 amide bonds. The predicted molar refractivity (Wildman–Crippen MR) is 114 cm³/mol. The fourth-order valence-electron chi connectivity index (χ4n) is 3.59. The highest BCUT2D eigenvalue weighted by molar-refractivity contribution is 5.68. The molecule has 2 saturated heterocycles. The van der Waals surface area contributed by atoms with Gasteiger partial charge in [-0.05, 0) is 30.4 Å². The van der Waals surface area contributed by atoms with E-state index in [2.05, 4.69) is 45.7 Å². The molecule has 2 aliphatic rings. The van der Waals surface area contributed by atoms with Crippen LogP contribution in [0.5, 0.6) is 0 Å². The zero-order valence-electron chi connectivity index (χ0n) is 18.0. The normalized spacial score (nSPS) is 17.5. The molecule has 9 heteroatoms. The second kappa shape index (κ2) is 8.49. The van der Waals surface area contributed by atoms with Crippen LogP contribution in [0, 0.1) is 5.41 Å². The molecule has 0 N–H and O–H groups in total. The molecule has 0 aromatic carbocycles. The fraction of sp³-hybridized carbons (Fsp3) is 0.619. The molecule has 2 aromatic heterocycles. The first kappa shape index (κ1) is 20.4. The van der Waals surface area contributed by atoms with Crippen molar-refractivity contribution in [2.24, 2.45) is 5.41 Å². The number of hydrogen-bond donors (Lipinski definition) is 0. The maximum atomic E-state index is 12.3. The molecule has 0 unspecified atom stereocenters. The lowest BCUT2D eigenvalue weighted by Gasteiger charge is -2.35. The van der Waals surface area contributed by atoms with Gasteiger partial charge in [-0.3, -0.25) is 0 Å². The van der Waals surface area contributed by atoms with Crippen LogP contribution in [0.15, 0.2) is 22.9 Å². The molecule has 4 heterocycles. The largest absolute Gasteiger partial charge is 0.449 e. The molecule has 2 fully saturated rings. The number of carbonyl (C=O) groups excluding carboxylic acids is 1. The number of hydrogen-bond acceptors (Lipinski definition) is 8. The van der Waals surface area contributed by atoms with Crippen molar-refractivity contribution in [2.45, 2.75) is 33.6 Å². The molecule has 0 atom stereocenters. The third-order valence-electron chi connectivity index (χ3n) is 5.29. The highest BCUT2D eigenvalue weighted by atomic mass is 16.6. The van der Waals surface area contributed by atoms with Gasteiger partial charge in [0.25, 0.3) is 0 Å². The third kappa shape index (κ3) is 4.83. The molecule has 0 aliphatic carbocycles. The Hall–Kier alpha value is -2.84. The van der Waals surface area contributed by atoms with Gasteiger partial charge in [-0.1, -0.05) is 25.9 Å². The first-order chi connectivity index (χ1) is 14.4. The van der Waals surface area contributed by atoms with Crippen LogP contribution < -0.4 is 9.80 Å². The number of piperazine rings is 1.